The topological polar surface area (TPSA) is 141 Å². The molecule has 11 heteroatoms. The Morgan fingerprint density at radius 1 is 0.853 bits per heavy atom. The zero-order valence-corrected chi connectivity index (χ0v) is 21.3. The van der Waals surface area contributed by atoms with Gasteiger partial charge in [-0.2, -0.15) is 0 Å². The predicted octanol–water partition coefficient (Wildman–Crippen LogP) is 0.0834. The van der Waals surface area contributed by atoms with Crippen LogP contribution in [0.1, 0.15) is 40.0 Å². The number of likely N-dealkylation sites (tertiary alicyclic amines) is 1. The van der Waals surface area contributed by atoms with Crippen molar-refractivity contribution < 1.29 is 44.2 Å². The number of hydrogen-bond acceptors (Lipinski definition) is 10. The number of rotatable bonds is 17. The summed E-state index contributed by atoms with van der Waals surface area (Å²) in [6.07, 6.45) is 1.60. The molecule has 0 spiro atoms. The molecular weight excluding hydrogens is 448 g/mol. The molecule has 0 unspecified atom stereocenters. The van der Waals surface area contributed by atoms with Crippen LogP contribution in [0.5, 0.6) is 0 Å². The number of ether oxygens (including phenoxy) is 4. The van der Waals surface area contributed by atoms with Gasteiger partial charge in [0, 0.05) is 32.7 Å². The molecule has 0 radical (unpaired) electrons. The second kappa shape index (κ2) is 21.3. The summed E-state index contributed by atoms with van der Waals surface area (Å²) in [4.78, 5) is 15.5. The molecule has 11 nitrogen and oxygen atoms in total. The first-order valence-corrected chi connectivity index (χ1v) is 12.2. The first-order valence-electron chi connectivity index (χ1n) is 12.2. The molecule has 0 saturated carbocycles. The quantitative estimate of drug-likeness (QED) is 0.205. The molecule has 1 rings (SSSR count). The Bertz CT molecular complexity index is 447. The van der Waals surface area contributed by atoms with Gasteiger partial charge in [-0.05, 0) is 33.1 Å². The Morgan fingerprint density at radius 3 is 1.62 bits per heavy atom. The summed E-state index contributed by atoms with van der Waals surface area (Å²) in [5, 5.41) is 35.1. The monoisotopic (exact) mass is 496 g/mol. The molecule has 1 saturated heterocycles. The van der Waals surface area contributed by atoms with E-state index in [2.05, 4.69) is 4.90 Å². The van der Waals surface area contributed by atoms with Gasteiger partial charge in [0.25, 0.3) is 0 Å². The number of aliphatic hydroxyl groups excluding tert-OH is 4. The molecule has 204 valence electrons. The Kier molecular flexibility index (Phi) is 20.6. The molecule has 0 aromatic carbocycles. The number of carbonyl (C=O) groups excluding carboxylic acids is 1. The molecule has 0 bridgehead atoms. The van der Waals surface area contributed by atoms with E-state index < -0.39 is 5.60 Å². The van der Waals surface area contributed by atoms with Gasteiger partial charge < -0.3 is 44.3 Å². The Labute approximate surface area is 204 Å². The van der Waals surface area contributed by atoms with E-state index in [0.717, 1.165) is 26.1 Å². The predicted molar refractivity (Wildman–Crippen MR) is 128 cm³/mol. The fourth-order valence-electron chi connectivity index (χ4n) is 2.84. The summed E-state index contributed by atoms with van der Waals surface area (Å²) < 4.78 is 21.0. The van der Waals surface area contributed by atoms with Crippen molar-refractivity contribution in [3.05, 3.63) is 0 Å². The minimum Gasteiger partial charge on any atom is -0.443 e. The summed E-state index contributed by atoms with van der Waals surface area (Å²) in [7, 11) is 0. The smallest absolute Gasteiger partial charge is 0.410 e. The zero-order chi connectivity index (χ0) is 25.7. The van der Waals surface area contributed by atoms with Crippen LogP contribution in [0.15, 0.2) is 0 Å². The van der Waals surface area contributed by atoms with Crippen molar-refractivity contribution in [2.45, 2.75) is 51.7 Å². The SMILES string of the molecule is CCC(C)(C)OC(=O)N1CCC(O)CC1.OCCOCCN(CCOCCO)CCOCCO. The average molecular weight is 497 g/mol. The molecule has 34 heavy (non-hydrogen) atoms. The van der Waals surface area contributed by atoms with Crippen molar-refractivity contribution in [2.24, 2.45) is 0 Å². The number of hydrogen-bond donors (Lipinski definition) is 4. The molecule has 1 aliphatic rings. The second-order valence-electron chi connectivity index (χ2n) is 8.55. The zero-order valence-electron chi connectivity index (χ0n) is 21.3. The number of nitrogens with zero attached hydrogens (tertiary/aromatic N) is 2. The Morgan fingerprint density at radius 2 is 1.26 bits per heavy atom. The second-order valence-corrected chi connectivity index (χ2v) is 8.55. The molecule has 1 fully saturated rings. The summed E-state index contributed by atoms with van der Waals surface area (Å²) in [6.45, 7) is 11.9. The van der Waals surface area contributed by atoms with E-state index >= 15 is 0 Å². The van der Waals surface area contributed by atoms with Crippen LogP contribution in [0.2, 0.25) is 0 Å². The minimum atomic E-state index is -0.396. The maximum atomic E-state index is 11.7. The third-order valence-electron chi connectivity index (χ3n) is 5.30. The number of piperidine rings is 1. The summed E-state index contributed by atoms with van der Waals surface area (Å²) in [5.41, 5.74) is -0.396. The third kappa shape index (κ3) is 18.3. The summed E-state index contributed by atoms with van der Waals surface area (Å²) in [6, 6.07) is 0. The molecule has 0 aromatic rings. The maximum Gasteiger partial charge on any atom is 0.410 e. The van der Waals surface area contributed by atoms with E-state index in [0.29, 0.717) is 65.6 Å². The van der Waals surface area contributed by atoms with Gasteiger partial charge in [-0.25, -0.2) is 4.79 Å². The largest absolute Gasteiger partial charge is 0.443 e. The van der Waals surface area contributed by atoms with Crippen LogP contribution in [-0.2, 0) is 18.9 Å². The van der Waals surface area contributed by atoms with Crippen LogP contribution in [0, 0.1) is 0 Å². The number of aliphatic hydroxyl groups is 4. The van der Waals surface area contributed by atoms with Gasteiger partial charge in [0.2, 0.25) is 0 Å². The van der Waals surface area contributed by atoms with Gasteiger partial charge >= 0.3 is 6.09 Å². The van der Waals surface area contributed by atoms with Gasteiger partial charge in [-0.1, -0.05) is 6.92 Å². The lowest BCUT2D eigenvalue weighted by molar-refractivity contribution is -0.000752. The van der Waals surface area contributed by atoms with E-state index in [9.17, 15) is 9.90 Å². The number of amides is 1. The van der Waals surface area contributed by atoms with Crippen LogP contribution in [-0.4, -0.2) is 140 Å². The normalized spacial score (nSPS) is 14.8. The molecule has 0 atom stereocenters. The highest BCUT2D eigenvalue weighted by Crippen LogP contribution is 2.18. The van der Waals surface area contributed by atoms with E-state index in [1.165, 1.54) is 0 Å². The molecular formula is C23H48N2O9. The third-order valence-corrected chi connectivity index (χ3v) is 5.30. The summed E-state index contributed by atoms with van der Waals surface area (Å²) >= 11 is 0. The van der Waals surface area contributed by atoms with E-state index in [1.54, 1.807) is 4.90 Å². The van der Waals surface area contributed by atoms with Gasteiger partial charge in [0.15, 0.2) is 0 Å². The Hall–Kier alpha value is -1.05. The van der Waals surface area contributed by atoms with Crippen molar-refractivity contribution in [2.75, 3.05) is 92.2 Å². The molecule has 0 aliphatic carbocycles. The van der Waals surface area contributed by atoms with Crippen molar-refractivity contribution in [1.29, 1.82) is 0 Å². The minimum absolute atomic E-state index is 0.0270. The maximum absolute atomic E-state index is 11.7. The van der Waals surface area contributed by atoms with Gasteiger partial charge in [-0.15, -0.1) is 0 Å². The lowest BCUT2D eigenvalue weighted by Gasteiger charge is -2.32. The first kappa shape index (κ1) is 33.0. The highest BCUT2D eigenvalue weighted by atomic mass is 16.6. The average Bonchev–Trinajstić information content (AvgIpc) is 2.82. The fraction of sp³-hybridized carbons (Fsp3) is 0.957. The van der Waals surface area contributed by atoms with Crippen LogP contribution in [0.4, 0.5) is 4.79 Å². The van der Waals surface area contributed by atoms with Crippen LogP contribution in [0.3, 0.4) is 0 Å². The van der Waals surface area contributed by atoms with E-state index in [-0.39, 0.29) is 32.0 Å². The standard InChI is InChI=1S/C12H27NO6.C11H21NO3/c14-4-10-17-7-1-13(2-8-18-11-5-15)3-9-19-12-6-16;1-4-11(2,3)15-10(14)12-7-5-9(13)6-8-12/h14-16H,1-12H2;9,13H,4-8H2,1-3H3. The van der Waals surface area contributed by atoms with Gasteiger partial charge in [0.1, 0.15) is 5.60 Å². The molecule has 1 amide bonds. The van der Waals surface area contributed by atoms with Crippen molar-refractivity contribution in [1.82, 2.24) is 9.80 Å². The van der Waals surface area contributed by atoms with Crippen LogP contribution < -0.4 is 0 Å². The Balaban J connectivity index is 0.000000657. The first-order chi connectivity index (χ1) is 16.3. The van der Waals surface area contributed by atoms with Crippen LogP contribution in [0.25, 0.3) is 0 Å². The highest BCUT2D eigenvalue weighted by molar-refractivity contribution is 5.68. The van der Waals surface area contributed by atoms with Crippen molar-refractivity contribution >= 4 is 6.09 Å². The number of carbonyl (C=O) groups is 1. The summed E-state index contributed by atoms with van der Waals surface area (Å²) in [5.74, 6) is 0. The fourth-order valence-corrected chi connectivity index (χ4v) is 2.84. The lowest BCUT2D eigenvalue weighted by Crippen LogP contribution is -2.43. The van der Waals surface area contributed by atoms with Gasteiger partial charge in [0.05, 0.1) is 65.6 Å². The highest BCUT2D eigenvalue weighted by Gasteiger charge is 2.27. The molecule has 0 aromatic heterocycles. The molecule has 1 heterocycles. The van der Waals surface area contributed by atoms with E-state index in [1.807, 2.05) is 20.8 Å². The van der Waals surface area contributed by atoms with Crippen molar-refractivity contribution in [3.63, 3.8) is 0 Å². The van der Waals surface area contributed by atoms with Gasteiger partial charge in [-0.3, -0.25) is 4.90 Å². The van der Waals surface area contributed by atoms with Crippen molar-refractivity contribution in [3.8, 4) is 0 Å². The van der Waals surface area contributed by atoms with Crippen LogP contribution >= 0.6 is 0 Å². The van der Waals surface area contributed by atoms with E-state index in [4.69, 9.17) is 34.3 Å². The molecule has 1 aliphatic heterocycles. The molecule has 4 N–H and O–H groups in total. The lowest BCUT2D eigenvalue weighted by atomic mass is 10.1.